The summed E-state index contributed by atoms with van der Waals surface area (Å²) in [4.78, 5) is 8.90. The summed E-state index contributed by atoms with van der Waals surface area (Å²) in [6, 6.07) is 0.427. The minimum atomic E-state index is -1.01. The number of nitrogens with zero attached hydrogens (tertiary/aromatic N) is 2. The lowest BCUT2D eigenvalue weighted by molar-refractivity contribution is 0.0686. The molecule has 0 amide bonds. The maximum Gasteiger partial charge on any atom is 0.162 e. The second-order valence-electron chi connectivity index (χ2n) is 6.29. The minimum Gasteiger partial charge on any atom is -0.382 e. The van der Waals surface area contributed by atoms with Gasteiger partial charge in [0, 0.05) is 17.3 Å². The summed E-state index contributed by atoms with van der Waals surface area (Å²) in [6.07, 6.45) is 3.94. The van der Waals surface area contributed by atoms with Crippen LogP contribution in [0, 0.1) is 19.8 Å². The molecule has 0 spiro atoms. The molecule has 4 nitrogen and oxygen atoms in total. The van der Waals surface area contributed by atoms with Crippen LogP contribution >= 0.6 is 0 Å². The summed E-state index contributed by atoms with van der Waals surface area (Å²) in [5.74, 6) is 2.10. The van der Waals surface area contributed by atoms with Crippen molar-refractivity contribution in [2.45, 2.75) is 65.5 Å². The lowest BCUT2D eigenvalue weighted by Gasteiger charge is -2.33. The molecule has 4 heteroatoms. The molecule has 0 saturated heterocycles. The quantitative estimate of drug-likeness (QED) is 0.877. The number of anilines is 1. The highest BCUT2D eigenvalue weighted by Crippen LogP contribution is 2.31. The van der Waals surface area contributed by atoms with E-state index >= 15 is 0 Å². The number of nitrogens with one attached hydrogen (secondary N) is 1. The molecule has 1 aromatic rings. The molecule has 1 aliphatic carbocycles. The molecule has 2 N–H and O–H groups in total. The molecule has 1 fully saturated rings. The van der Waals surface area contributed by atoms with Crippen molar-refractivity contribution in [1.29, 1.82) is 0 Å². The fourth-order valence-electron chi connectivity index (χ4n) is 2.32. The van der Waals surface area contributed by atoms with E-state index in [1.807, 2.05) is 13.8 Å². The number of aliphatic hydroxyl groups is 1. The fraction of sp³-hybridized carbons (Fsp3) is 0.733. The highest BCUT2D eigenvalue weighted by Gasteiger charge is 2.26. The molecule has 1 saturated carbocycles. The topological polar surface area (TPSA) is 58.0 Å². The number of hydrogen-bond acceptors (Lipinski definition) is 4. The Bertz CT molecular complexity index is 461. The summed E-state index contributed by atoms with van der Waals surface area (Å²) >= 11 is 0. The molecule has 2 rings (SSSR count). The summed E-state index contributed by atoms with van der Waals surface area (Å²) in [5, 5.41) is 13.6. The van der Waals surface area contributed by atoms with Gasteiger partial charge in [0.25, 0.3) is 0 Å². The average molecular weight is 263 g/mol. The van der Waals surface area contributed by atoms with Crippen LogP contribution in [0.2, 0.25) is 0 Å². The van der Waals surface area contributed by atoms with Crippen molar-refractivity contribution >= 4 is 5.82 Å². The lowest BCUT2D eigenvalue weighted by Crippen LogP contribution is -2.32. The molecule has 1 atom stereocenters. The molecular weight excluding hydrogens is 238 g/mol. The normalized spacial score (nSPS) is 18.0. The molecule has 0 aromatic carbocycles. The number of hydrogen-bond donors (Lipinski definition) is 2. The molecule has 0 radical (unpaired) electrons. The van der Waals surface area contributed by atoms with Gasteiger partial charge in [-0.15, -0.1) is 0 Å². The molecule has 106 valence electrons. The van der Waals surface area contributed by atoms with E-state index in [4.69, 9.17) is 0 Å². The van der Waals surface area contributed by atoms with E-state index in [1.165, 1.54) is 19.3 Å². The van der Waals surface area contributed by atoms with E-state index in [0.717, 1.165) is 23.0 Å². The van der Waals surface area contributed by atoms with Crippen LogP contribution in [0.15, 0.2) is 0 Å². The summed E-state index contributed by atoms with van der Waals surface area (Å²) in [6.45, 7) is 9.64. The third-order valence-electron chi connectivity index (χ3n) is 4.16. The molecule has 1 aromatic heterocycles. The smallest absolute Gasteiger partial charge is 0.162 e. The standard InChI is InChI=1S/C15H25N3O/c1-9-10(2)17-14(15(4,5)19)18-13(9)16-11(3)12-7-6-8-12/h11-12,19H,6-8H2,1-5H3,(H,16,17,18)/t11-/m1/s1. The zero-order chi connectivity index (χ0) is 14.2. The van der Waals surface area contributed by atoms with Crippen LogP contribution in [0.1, 0.15) is 57.1 Å². The van der Waals surface area contributed by atoms with Crippen LogP contribution in [0.5, 0.6) is 0 Å². The van der Waals surface area contributed by atoms with Gasteiger partial charge in [0.1, 0.15) is 11.4 Å². The lowest BCUT2D eigenvalue weighted by atomic mass is 9.80. The van der Waals surface area contributed by atoms with Crippen LogP contribution < -0.4 is 5.32 Å². The van der Waals surface area contributed by atoms with Crippen LogP contribution in [0.4, 0.5) is 5.82 Å². The van der Waals surface area contributed by atoms with Crippen LogP contribution in [-0.2, 0) is 5.60 Å². The first-order valence-corrected chi connectivity index (χ1v) is 7.13. The Balaban J connectivity index is 2.25. The van der Waals surface area contributed by atoms with E-state index in [0.29, 0.717) is 11.9 Å². The van der Waals surface area contributed by atoms with Crippen molar-refractivity contribution in [3.05, 3.63) is 17.1 Å². The third-order valence-corrected chi connectivity index (χ3v) is 4.16. The molecule has 0 unspecified atom stereocenters. The van der Waals surface area contributed by atoms with Gasteiger partial charge in [0.2, 0.25) is 0 Å². The van der Waals surface area contributed by atoms with Gasteiger partial charge in [-0.25, -0.2) is 9.97 Å². The minimum absolute atomic E-state index is 0.427. The van der Waals surface area contributed by atoms with Crippen LogP contribution in [0.25, 0.3) is 0 Å². The molecule has 19 heavy (non-hydrogen) atoms. The van der Waals surface area contributed by atoms with E-state index in [9.17, 15) is 5.11 Å². The SMILES string of the molecule is Cc1nc(C(C)(C)O)nc(N[C@H](C)C2CCC2)c1C. The predicted octanol–water partition coefficient (Wildman–Crippen LogP) is 2.92. The fourth-order valence-corrected chi connectivity index (χ4v) is 2.32. The molecule has 1 heterocycles. The van der Waals surface area contributed by atoms with E-state index < -0.39 is 5.60 Å². The summed E-state index contributed by atoms with van der Waals surface area (Å²) < 4.78 is 0. The van der Waals surface area contributed by atoms with Crippen molar-refractivity contribution in [2.24, 2.45) is 5.92 Å². The zero-order valence-electron chi connectivity index (χ0n) is 12.6. The highest BCUT2D eigenvalue weighted by atomic mass is 16.3. The maximum absolute atomic E-state index is 10.1. The van der Waals surface area contributed by atoms with Gasteiger partial charge in [0.15, 0.2) is 5.82 Å². The van der Waals surface area contributed by atoms with E-state index in [2.05, 4.69) is 22.2 Å². The largest absolute Gasteiger partial charge is 0.382 e. The average Bonchev–Trinajstić information content (AvgIpc) is 2.20. The van der Waals surface area contributed by atoms with E-state index in [-0.39, 0.29) is 0 Å². The van der Waals surface area contributed by atoms with Gasteiger partial charge in [-0.1, -0.05) is 6.42 Å². The van der Waals surface area contributed by atoms with E-state index in [1.54, 1.807) is 13.8 Å². The first kappa shape index (κ1) is 14.3. The summed E-state index contributed by atoms with van der Waals surface area (Å²) in [5.41, 5.74) is 0.990. The highest BCUT2D eigenvalue weighted by molar-refractivity contribution is 5.46. The van der Waals surface area contributed by atoms with Gasteiger partial charge in [-0.2, -0.15) is 0 Å². The van der Waals surface area contributed by atoms with Crippen molar-refractivity contribution in [2.75, 3.05) is 5.32 Å². The first-order chi connectivity index (χ1) is 8.79. The molecular formula is C15H25N3O. The second-order valence-corrected chi connectivity index (χ2v) is 6.29. The van der Waals surface area contributed by atoms with Gasteiger partial charge >= 0.3 is 0 Å². The zero-order valence-corrected chi connectivity index (χ0v) is 12.6. The predicted molar refractivity (Wildman–Crippen MR) is 77.2 cm³/mol. The molecule has 1 aliphatic rings. The Morgan fingerprint density at radius 1 is 1.26 bits per heavy atom. The first-order valence-electron chi connectivity index (χ1n) is 7.13. The van der Waals surface area contributed by atoms with Gasteiger partial charge < -0.3 is 10.4 Å². The third kappa shape index (κ3) is 3.06. The van der Waals surface area contributed by atoms with Crippen molar-refractivity contribution in [3.8, 4) is 0 Å². The Morgan fingerprint density at radius 3 is 2.37 bits per heavy atom. The number of aryl methyl sites for hydroxylation is 1. The Kier molecular flexibility index (Phi) is 3.81. The van der Waals surface area contributed by atoms with Gasteiger partial charge in [0.05, 0.1) is 0 Å². The second kappa shape index (κ2) is 5.08. The monoisotopic (exact) mass is 263 g/mol. The van der Waals surface area contributed by atoms with Crippen molar-refractivity contribution < 1.29 is 5.11 Å². The van der Waals surface area contributed by atoms with Crippen LogP contribution in [0.3, 0.4) is 0 Å². The van der Waals surface area contributed by atoms with Gasteiger partial charge in [-0.3, -0.25) is 0 Å². The van der Waals surface area contributed by atoms with Crippen molar-refractivity contribution in [3.63, 3.8) is 0 Å². The maximum atomic E-state index is 10.1. The number of rotatable bonds is 4. The van der Waals surface area contributed by atoms with Gasteiger partial charge in [-0.05, 0) is 53.4 Å². The summed E-state index contributed by atoms with van der Waals surface area (Å²) in [7, 11) is 0. The Hall–Kier alpha value is -1.16. The molecule has 0 aliphatic heterocycles. The Morgan fingerprint density at radius 2 is 1.89 bits per heavy atom. The number of aromatic nitrogens is 2. The van der Waals surface area contributed by atoms with Crippen molar-refractivity contribution in [1.82, 2.24) is 9.97 Å². The molecule has 0 bridgehead atoms. The van der Waals surface area contributed by atoms with Crippen LogP contribution in [-0.4, -0.2) is 21.1 Å². The Labute approximate surface area is 115 Å².